The van der Waals surface area contributed by atoms with Gasteiger partial charge in [0.25, 0.3) is 18.1 Å². The fourth-order valence-electron chi connectivity index (χ4n) is 3.30. The van der Waals surface area contributed by atoms with Gasteiger partial charge < -0.3 is 10.2 Å². The van der Waals surface area contributed by atoms with E-state index in [1.165, 1.54) is 24.3 Å². The molecule has 0 saturated carbocycles. The van der Waals surface area contributed by atoms with E-state index in [1.807, 2.05) is 0 Å². The lowest BCUT2D eigenvalue weighted by Crippen LogP contribution is -2.00. The number of benzene rings is 4. The van der Waals surface area contributed by atoms with E-state index >= 15 is 0 Å². The Morgan fingerprint density at radius 3 is 1.35 bits per heavy atom. The van der Waals surface area contributed by atoms with E-state index in [4.69, 9.17) is 21.4 Å². The molecule has 4 aromatic rings. The Morgan fingerprint density at radius 1 is 0.615 bits per heavy atom. The van der Waals surface area contributed by atoms with Crippen LogP contribution in [-0.4, -0.2) is 27.0 Å². The average Bonchev–Trinajstić information content (AvgIpc) is 2.52. The van der Waals surface area contributed by atoms with Crippen LogP contribution < -0.4 is 0 Å². The van der Waals surface area contributed by atoms with Gasteiger partial charge in [-0.1, -0.05) is 12.1 Å². The van der Waals surface area contributed by atoms with Gasteiger partial charge in [0.2, 0.25) is 0 Å². The van der Waals surface area contributed by atoms with Crippen LogP contribution in [0, 0.1) is 0 Å². The normalized spacial score (nSPS) is 13.2. The summed E-state index contributed by atoms with van der Waals surface area (Å²) >= 11 is 0. The first-order valence-electron chi connectivity index (χ1n) is 7.06. The number of halogens is 2. The molecule has 26 heavy (non-hydrogen) atoms. The maximum atomic E-state index is 12.0. The van der Waals surface area contributed by atoms with Crippen molar-refractivity contribution in [3.63, 3.8) is 0 Å². The fraction of sp³-hybridized carbons (Fsp3) is 0. The van der Waals surface area contributed by atoms with Crippen molar-refractivity contribution >= 4 is 71.8 Å². The molecule has 0 aromatic heterocycles. The Balaban J connectivity index is 2.46. The van der Waals surface area contributed by atoms with Crippen LogP contribution in [0.5, 0.6) is 11.5 Å². The van der Waals surface area contributed by atoms with Crippen LogP contribution in [-0.2, 0) is 18.1 Å². The maximum Gasteiger partial charge on any atom is 0.261 e. The number of aromatic hydroxyl groups is 2. The van der Waals surface area contributed by atoms with Gasteiger partial charge in [-0.3, -0.25) is 0 Å². The topological polar surface area (TPSA) is 109 Å². The lowest BCUT2D eigenvalue weighted by molar-refractivity contribution is 0.458. The first-order valence-corrected chi connectivity index (χ1v) is 11.7. The highest BCUT2D eigenvalue weighted by Gasteiger charge is 2.26. The highest BCUT2D eigenvalue weighted by molar-refractivity contribution is 8.14. The van der Waals surface area contributed by atoms with Crippen LogP contribution in [0.25, 0.3) is 32.3 Å². The molecule has 2 N–H and O–H groups in total. The van der Waals surface area contributed by atoms with Crippen molar-refractivity contribution in [1.29, 1.82) is 0 Å². The molecule has 0 heterocycles. The molecule has 0 aliphatic heterocycles. The molecule has 4 rings (SSSR count). The predicted molar refractivity (Wildman–Crippen MR) is 99.6 cm³/mol. The molecule has 0 bridgehead atoms. The Bertz CT molecular complexity index is 1340. The molecule has 0 unspecified atom stereocenters. The Morgan fingerprint density at radius 2 is 0.962 bits per heavy atom. The number of hydrogen-bond donors (Lipinski definition) is 2. The minimum atomic E-state index is -4.31. The molecule has 10 heteroatoms. The summed E-state index contributed by atoms with van der Waals surface area (Å²) in [5.41, 5.74) is 0. The zero-order valence-electron chi connectivity index (χ0n) is 12.6. The third kappa shape index (κ3) is 2.37. The van der Waals surface area contributed by atoms with E-state index < -0.39 is 27.9 Å². The maximum absolute atomic E-state index is 12.0. The first-order chi connectivity index (χ1) is 12.0. The van der Waals surface area contributed by atoms with Gasteiger partial charge in [0.05, 0.1) is 9.79 Å². The second-order valence-electron chi connectivity index (χ2n) is 5.73. The van der Waals surface area contributed by atoms with Gasteiger partial charge in [-0.2, -0.15) is 0 Å². The summed E-state index contributed by atoms with van der Waals surface area (Å²) in [6.07, 6.45) is 0. The zero-order chi connectivity index (χ0) is 19.0. The Labute approximate surface area is 156 Å². The molecule has 0 radical (unpaired) electrons. The molecule has 6 nitrogen and oxygen atoms in total. The van der Waals surface area contributed by atoms with Crippen molar-refractivity contribution in [2.75, 3.05) is 0 Å². The van der Waals surface area contributed by atoms with Gasteiger partial charge >= 0.3 is 0 Å². The number of phenols is 2. The zero-order valence-corrected chi connectivity index (χ0v) is 15.7. The van der Waals surface area contributed by atoms with E-state index in [0.717, 1.165) is 12.1 Å². The van der Waals surface area contributed by atoms with Crippen molar-refractivity contribution in [2.24, 2.45) is 0 Å². The molecule has 0 spiro atoms. The van der Waals surface area contributed by atoms with Gasteiger partial charge in [-0.05, 0) is 18.2 Å². The molecule has 134 valence electrons. The van der Waals surface area contributed by atoms with Gasteiger partial charge in [-0.15, -0.1) is 0 Å². The van der Waals surface area contributed by atoms with Crippen molar-refractivity contribution in [3.8, 4) is 11.5 Å². The Hall–Kier alpha value is -2.00. The highest BCUT2D eigenvalue weighted by Crippen LogP contribution is 2.46. The summed E-state index contributed by atoms with van der Waals surface area (Å²) < 4.78 is 48.1. The lowest BCUT2D eigenvalue weighted by atomic mass is 9.93. The molecule has 0 amide bonds. The largest absolute Gasteiger partial charge is 0.507 e. The van der Waals surface area contributed by atoms with E-state index in [-0.39, 0.29) is 27.7 Å². The first kappa shape index (κ1) is 17.4. The third-order valence-corrected chi connectivity index (χ3v) is 7.03. The molecule has 0 atom stereocenters. The van der Waals surface area contributed by atoms with Crippen LogP contribution in [0.3, 0.4) is 0 Å². The van der Waals surface area contributed by atoms with Crippen LogP contribution in [0.1, 0.15) is 0 Å². The lowest BCUT2D eigenvalue weighted by Gasteiger charge is -2.16. The summed E-state index contributed by atoms with van der Waals surface area (Å²) in [5, 5.41) is 21.7. The minimum absolute atomic E-state index is 0.155. The number of phenolic OH excluding ortho intramolecular Hbond substituents is 2. The van der Waals surface area contributed by atoms with E-state index in [2.05, 4.69) is 0 Å². The molecular formula is C16H8Cl2O6S2. The van der Waals surface area contributed by atoms with Crippen molar-refractivity contribution in [1.82, 2.24) is 0 Å². The van der Waals surface area contributed by atoms with Crippen LogP contribution in [0.2, 0.25) is 0 Å². The van der Waals surface area contributed by atoms with Gasteiger partial charge in [0.15, 0.2) is 0 Å². The summed E-state index contributed by atoms with van der Waals surface area (Å²) in [7, 11) is 2.39. The molecular weight excluding hydrogens is 423 g/mol. The minimum Gasteiger partial charge on any atom is -0.507 e. The van der Waals surface area contributed by atoms with Crippen LogP contribution in [0.15, 0.2) is 46.2 Å². The molecule has 0 aliphatic rings. The fourth-order valence-corrected chi connectivity index (χ4v) is 5.52. The predicted octanol–water partition coefficient (Wildman–Crippen LogP) is 3.85. The summed E-state index contributed by atoms with van der Waals surface area (Å²) in [6, 6.07) is 7.84. The van der Waals surface area contributed by atoms with Gasteiger partial charge in [-0.25, -0.2) is 16.8 Å². The van der Waals surface area contributed by atoms with Gasteiger partial charge in [0, 0.05) is 59.7 Å². The quantitative estimate of drug-likeness (QED) is 0.369. The molecule has 0 fully saturated rings. The van der Waals surface area contributed by atoms with Crippen LogP contribution >= 0.6 is 21.4 Å². The van der Waals surface area contributed by atoms with Crippen molar-refractivity contribution in [2.45, 2.75) is 9.79 Å². The molecule has 4 aromatic carbocycles. The third-order valence-electron chi connectivity index (χ3n) is 4.30. The van der Waals surface area contributed by atoms with Crippen molar-refractivity contribution in [3.05, 3.63) is 36.4 Å². The molecule has 0 saturated heterocycles. The smallest absolute Gasteiger partial charge is 0.261 e. The van der Waals surface area contributed by atoms with E-state index in [1.54, 1.807) is 0 Å². The molecule has 0 aliphatic carbocycles. The van der Waals surface area contributed by atoms with Crippen LogP contribution in [0.4, 0.5) is 0 Å². The summed E-state index contributed by atoms with van der Waals surface area (Å²) in [4.78, 5) is -0.855. The second kappa shape index (κ2) is 5.26. The monoisotopic (exact) mass is 430 g/mol. The summed E-state index contributed by atoms with van der Waals surface area (Å²) in [6.45, 7) is 0. The second-order valence-corrected chi connectivity index (χ2v) is 10.8. The standard InChI is InChI=1S/C16H8Cl2O6S2/c17-25(21,22)13-6-14(26(18,23)24)10-4-2-8-12(20)5-11(19)7-1-3-9(13)16(10)15(7)8/h1-6,19-20H. The SMILES string of the molecule is O=S(=O)(Cl)c1cc(S(=O)(=O)Cl)c2ccc3c(O)cc(O)c4ccc1c2c43. The van der Waals surface area contributed by atoms with E-state index in [0.29, 0.717) is 16.2 Å². The van der Waals surface area contributed by atoms with Crippen molar-refractivity contribution < 1.29 is 27.0 Å². The average molecular weight is 431 g/mol. The highest BCUT2D eigenvalue weighted by atomic mass is 35.7. The Kier molecular flexibility index (Phi) is 3.52. The number of rotatable bonds is 2. The van der Waals surface area contributed by atoms with Gasteiger partial charge in [0.1, 0.15) is 11.5 Å². The number of hydrogen-bond acceptors (Lipinski definition) is 6. The summed E-state index contributed by atoms with van der Waals surface area (Å²) in [5.74, 6) is -0.474. The van der Waals surface area contributed by atoms with E-state index in [9.17, 15) is 27.0 Å².